The first-order valence-corrected chi connectivity index (χ1v) is 9.41. The van der Waals surface area contributed by atoms with Crippen LogP contribution in [-0.4, -0.2) is 16.7 Å². The Morgan fingerprint density at radius 2 is 2.05 bits per heavy atom. The Kier molecular flexibility index (Phi) is 7.33. The number of benzene rings is 1. The van der Waals surface area contributed by atoms with Crippen LogP contribution >= 0.6 is 34.7 Å². The quantitative estimate of drug-likeness (QED) is 0.484. The summed E-state index contributed by atoms with van der Waals surface area (Å²) >= 11 is 9.43. The number of unbranched alkanes of at least 4 members (excludes halogenated alkanes) is 3. The third-order valence-electron chi connectivity index (χ3n) is 3.02. The molecule has 2 aromatic rings. The van der Waals surface area contributed by atoms with Crippen molar-refractivity contribution in [2.75, 3.05) is 11.9 Å². The first-order chi connectivity index (χ1) is 10.3. The molecule has 0 bridgehead atoms. The van der Waals surface area contributed by atoms with Crippen LogP contribution in [0, 0.1) is 0 Å². The summed E-state index contributed by atoms with van der Waals surface area (Å²) in [6.07, 6.45) is 5.03. The van der Waals surface area contributed by atoms with E-state index in [-0.39, 0.29) is 0 Å². The highest BCUT2D eigenvalue weighted by molar-refractivity contribution is 8.00. The van der Waals surface area contributed by atoms with Gasteiger partial charge < -0.3 is 5.32 Å². The van der Waals surface area contributed by atoms with Crippen molar-refractivity contribution in [3.8, 4) is 0 Å². The Hall–Kier alpha value is -0.780. The lowest BCUT2D eigenvalue weighted by atomic mass is 10.2. The van der Waals surface area contributed by atoms with E-state index in [1.165, 1.54) is 25.7 Å². The zero-order valence-electron chi connectivity index (χ0n) is 12.1. The second-order valence-electron chi connectivity index (χ2n) is 4.74. The van der Waals surface area contributed by atoms with Gasteiger partial charge in [-0.1, -0.05) is 79.1 Å². The molecule has 1 aromatic heterocycles. The summed E-state index contributed by atoms with van der Waals surface area (Å²) in [6.45, 7) is 3.20. The van der Waals surface area contributed by atoms with Gasteiger partial charge in [-0.3, -0.25) is 0 Å². The maximum absolute atomic E-state index is 6.15. The fourth-order valence-corrected chi connectivity index (χ4v) is 3.90. The molecular weight excluding hydrogens is 322 g/mol. The first-order valence-electron chi connectivity index (χ1n) is 7.23. The van der Waals surface area contributed by atoms with E-state index in [9.17, 15) is 0 Å². The van der Waals surface area contributed by atoms with E-state index in [1.807, 2.05) is 24.3 Å². The summed E-state index contributed by atoms with van der Waals surface area (Å²) in [5.41, 5.74) is 1.13. The molecule has 21 heavy (non-hydrogen) atoms. The minimum Gasteiger partial charge on any atom is -0.360 e. The number of nitrogens with one attached hydrogen (secondary N) is 1. The summed E-state index contributed by atoms with van der Waals surface area (Å²) in [5.74, 6) is 0.824. The van der Waals surface area contributed by atoms with E-state index < -0.39 is 0 Å². The molecule has 114 valence electrons. The van der Waals surface area contributed by atoms with Gasteiger partial charge in [-0.05, 0) is 18.1 Å². The van der Waals surface area contributed by atoms with Crippen LogP contribution in [0.4, 0.5) is 5.13 Å². The van der Waals surface area contributed by atoms with Gasteiger partial charge in [-0.25, -0.2) is 0 Å². The molecule has 0 amide bonds. The van der Waals surface area contributed by atoms with Gasteiger partial charge in [0, 0.05) is 17.3 Å². The second-order valence-corrected chi connectivity index (χ2v) is 7.35. The maximum Gasteiger partial charge on any atom is 0.206 e. The van der Waals surface area contributed by atoms with Crippen LogP contribution < -0.4 is 5.32 Å². The number of rotatable bonds is 9. The van der Waals surface area contributed by atoms with E-state index in [1.54, 1.807) is 23.1 Å². The van der Waals surface area contributed by atoms with Crippen molar-refractivity contribution in [2.24, 2.45) is 0 Å². The van der Waals surface area contributed by atoms with Crippen molar-refractivity contribution < 1.29 is 0 Å². The standard InChI is InChI=1S/C15H20ClN3S2/c1-2-3-4-7-10-17-14-18-19-15(21-14)20-11-12-8-5-6-9-13(12)16/h5-6,8-9H,2-4,7,10-11H2,1H3,(H,17,18). The first kappa shape index (κ1) is 16.6. The lowest BCUT2D eigenvalue weighted by molar-refractivity contribution is 0.684. The fourth-order valence-electron chi connectivity index (χ4n) is 1.84. The monoisotopic (exact) mass is 341 g/mol. The average molecular weight is 342 g/mol. The highest BCUT2D eigenvalue weighted by atomic mass is 35.5. The number of nitrogens with zero attached hydrogens (tertiary/aromatic N) is 2. The Morgan fingerprint density at radius 3 is 2.86 bits per heavy atom. The summed E-state index contributed by atoms with van der Waals surface area (Å²) in [6, 6.07) is 7.91. The molecule has 0 aliphatic rings. The maximum atomic E-state index is 6.15. The highest BCUT2D eigenvalue weighted by Crippen LogP contribution is 2.30. The summed E-state index contributed by atoms with van der Waals surface area (Å²) in [7, 11) is 0. The minimum absolute atomic E-state index is 0.809. The smallest absolute Gasteiger partial charge is 0.206 e. The van der Waals surface area contributed by atoms with Crippen molar-refractivity contribution >= 4 is 39.8 Å². The zero-order chi connectivity index (χ0) is 14.9. The van der Waals surface area contributed by atoms with E-state index in [4.69, 9.17) is 11.6 Å². The normalized spacial score (nSPS) is 10.8. The van der Waals surface area contributed by atoms with Gasteiger partial charge >= 0.3 is 0 Å². The molecule has 0 radical (unpaired) electrons. The number of hydrogen-bond acceptors (Lipinski definition) is 5. The van der Waals surface area contributed by atoms with Gasteiger partial charge in [0.05, 0.1) is 0 Å². The number of thioether (sulfide) groups is 1. The zero-order valence-corrected chi connectivity index (χ0v) is 14.5. The third kappa shape index (κ3) is 5.85. The van der Waals surface area contributed by atoms with Gasteiger partial charge in [-0.15, -0.1) is 10.2 Å². The Labute approximate surface area is 139 Å². The largest absolute Gasteiger partial charge is 0.360 e. The predicted octanol–water partition coefficient (Wildman–Crippen LogP) is 5.48. The lowest BCUT2D eigenvalue weighted by Crippen LogP contribution is -2.00. The number of halogens is 1. The van der Waals surface area contributed by atoms with Crippen molar-refractivity contribution in [1.29, 1.82) is 0 Å². The van der Waals surface area contributed by atoms with Crippen molar-refractivity contribution in [3.63, 3.8) is 0 Å². The molecule has 2 rings (SSSR count). The summed E-state index contributed by atoms with van der Waals surface area (Å²) in [5, 5.41) is 13.4. The molecule has 0 atom stereocenters. The van der Waals surface area contributed by atoms with Gasteiger partial charge in [-0.2, -0.15) is 0 Å². The summed E-state index contributed by atoms with van der Waals surface area (Å²) < 4.78 is 0.978. The Balaban J connectivity index is 1.74. The minimum atomic E-state index is 0.809. The van der Waals surface area contributed by atoms with Crippen molar-refractivity contribution in [2.45, 2.75) is 42.7 Å². The lowest BCUT2D eigenvalue weighted by Gasteiger charge is -2.01. The van der Waals surface area contributed by atoms with E-state index in [0.29, 0.717) is 0 Å². The average Bonchev–Trinajstić information content (AvgIpc) is 2.94. The van der Waals surface area contributed by atoms with E-state index in [0.717, 1.165) is 32.4 Å². The van der Waals surface area contributed by atoms with Gasteiger partial charge in [0.2, 0.25) is 5.13 Å². The van der Waals surface area contributed by atoms with Crippen LogP contribution in [0.5, 0.6) is 0 Å². The molecule has 0 fully saturated rings. The predicted molar refractivity (Wildman–Crippen MR) is 93.6 cm³/mol. The molecule has 1 N–H and O–H groups in total. The van der Waals surface area contributed by atoms with Crippen LogP contribution in [0.3, 0.4) is 0 Å². The number of hydrogen-bond donors (Lipinski definition) is 1. The molecule has 3 nitrogen and oxygen atoms in total. The SMILES string of the molecule is CCCCCCNc1nnc(SCc2ccccc2Cl)s1. The number of anilines is 1. The van der Waals surface area contributed by atoms with Crippen LogP contribution in [-0.2, 0) is 5.75 Å². The molecule has 0 unspecified atom stereocenters. The highest BCUT2D eigenvalue weighted by Gasteiger charge is 2.06. The molecule has 0 saturated heterocycles. The molecule has 1 heterocycles. The van der Waals surface area contributed by atoms with Gasteiger partial charge in [0.1, 0.15) is 0 Å². The second kappa shape index (κ2) is 9.28. The van der Waals surface area contributed by atoms with Crippen LogP contribution in [0.1, 0.15) is 38.2 Å². The topological polar surface area (TPSA) is 37.8 Å². The molecule has 6 heteroatoms. The Bertz CT molecular complexity index is 545. The van der Waals surface area contributed by atoms with Crippen LogP contribution in [0.25, 0.3) is 0 Å². The summed E-state index contributed by atoms with van der Waals surface area (Å²) in [4.78, 5) is 0. The van der Waals surface area contributed by atoms with Crippen molar-refractivity contribution in [1.82, 2.24) is 10.2 Å². The van der Waals surface area contributed by atoms with Crippen LogP contribution in [0.15, 0.2) is 28.6 Å². The fraction of sp³-hybridized carbons (Fsp3) is 0.467. The van der Waals surface area contributed by atoms with Gasteiger partial charge in [0.15, 0.2) is 4.34 Å². The molecule has 1 aromatic carbocycles. The Morgan fingerprint density at radius 1 is 1.19 bits per heavy atom. The van der Waals surface area contributed by atoms with Gasteiger partial charge in [0.25, 0.3) is 0 Å². The number of aromatic nitrogens is 2. The molecule has 0 saturated carbocycles. The molecular formula is C15H20ClN3S2. The van der Waals surface area contributed by atoms with Crippen LogP contribution in [0.2, 0.25) is 5.02 Å². The van der Waals surface area contributed by atoms with Crippen molar-refractivity contribution in [3.05, 3.63) is 34.9 Å². The van der Waals surface area contributed by atoms with E-state index >= 15 is 0 Å². The molecule has 0 spiro atoms. The van der Waals surface area contributed by atoms with E-state index in [2.05, 4.69) is 22.4 Å². The molecule has 0 aliphatic heterocycles. The third-order valence-corrected chi connectivity index (χ3v) is 5.45. The molecule has 0 aliphatic carbocycles.